The zero-order chi connectivity index (χ0) is 15.8. The van der Waals surface area contributed by atoms with Crippen LogP contribution >= 0.6 is 0 Å². The molecule has 0 saturated carbocycles. The van der Waals surface area contributed by atoms with Crippen molar-refractivity contribution < 1.29 is 4.79 Å². The molecule has 1 aromatic carbocycles. The second-order valence-corrected chi connectivity index (χ2v) is 5.73. The molecule has 1 rings (SSSR count). The third kappa shape index (κ3) is 5.20. The molecule has 1 aromatic rings. The van der Waals surface area contributed by atoms with E-state index >= 15 is 0 Å². The number of hydrogen-bond donors (Lipinski definition) is 1. The fraction of sp³-hybridized carbons (Fsp3) is 0.529. The van der Waals surface area contributed by atoms with Crippen LogP contribution in [-0.4, -0.2) is 19.5 Å². The highest BCUT2D eigenvalue weighted by molar-refractivity contribution is 5.92. The summed E-state index contributed by atoms with van der Waals surface area (Å²) in [4.78, 5) is 13.9. The second-order valence-electron chi connectivity index (χ2n) is 5.73. The quantitative estimate of drug-likeness (QED) is 0.838. The van der Waals surface area contributed by atoms with Gasteiger partial charge in [0.15, 0.2) is 0 Å². The standard InChI is InChI=1S/C17H25N3O/c1-13(2)15(10-11-18)6-9-17(21)20(3)16-7-4-14(12-19)5-8-16/h4-5,7-8,13,15H,6,9-11,18H2,1-3H3. The van der Waals surface area contributed by atoms with Gasteiger partial charge >= 0.3 is 0 Å². The molecule has 114 valence electrons. The Morgan fingerprint density at radius 3 is 2.38 bits per heavy atom. The van der Waals surface area contributed by atoms with Crippen LogP contribution in [0.3, 0.4) is 0 Å². The number of amides is 1. The molecule has 0 bridgehead atoms. The van der Waals surface area contributed by atoms with Gasteiger partial charge in [-0.3, -0.25) is 4.79 Å². The number of anilines is 1. The number of carbonyl (C=O) groups excluding carboxylic acids is 1. The number of nitrogens with zero attached hydrogens (tertiary/aromatic N) is 2. The van der Waals surface area contributed by atoms with Crippen molar-refractivity contribution in [3.8, 4) is 6.07 Å². The minimum absolute atomic E-state index is 0.0994. The first-order valence-corrected chi connectivity index (χ1v) is 7.46. The highest BCUT2D eigenvalue weighted by Gasteiger charge is 2.17. The van der Waals surface area contributed by atoms with Crippen LogP contribution in [0.4, 0.5) is 5.69 Å². The summed E-state index contributed by atoms with van der Waals surface area (Å²) < 4.78 is 0. The van der Waals surface area contributed by atoms with Crippen LogP contribution in [0.2, 0.25) is 0 Å². The maximum Gasteiger partial charge on any atom is 0.226 e. The Labute approximate surface area is 127 Å². The zero-order valence-corrected chi connectivity index (χ0v) is 13.2. The van der Waals surface area contributed by atoms with E-state index in [-0.39, 0.29) is 5.91 Å². The van der Waals surface area contributed by atoms with Gasteiger partial charge in [-0.2, -0.15) is 5.26 Å². The van der Waals surface area contributed by atoms with Gasteiger partial charge in [-0.25, -0.2) is 0 Å². The van der Waals surface area contributed by atoms with E-state index in [1.807, 2.05) is 0 Å². The Morgan fingerprint density at radius 2 is 1.90 bits per heavy atom. The molecule has 4 nitrogen and oxygen atoms in total. The van der Waals surface area contributed by atoms with Crippen LogP contribution in [-0.2, 0) is 4.79 Å². The molecule has 0 saturated heterocycles. The fourth-order valence-corrected chi connectivity index (χ4v) is 2.41. The number of hydrogen-bond acceptors (Lipinski definition) is 3. The van der Waals surface area contributed by atoms with Crippen molar-refractivity contribution in [1.82, 2.24) is 0 Å². The Balaban J connectivity index is 2.59. The van der Waals surface area contributed by atoms with Crippen LogP contribution in [0.5, 0.6) is 0 Å². The van der Waals surface area contributed by atoms with Crippen molar-refractivity contribution in [3.05, 3.63) is 29.8 Å². The molecule has 0 heterocycles. The van der Waals surface area contributed by atoms with Gasteiger partial charge in [-0.15, -0.1) is 0 Å². The van der Waals surface area contributed by atoms with E-state index in [0.29, 0.717) is 30.4 Å². The van der Waals surface area contributed by atoms with E-state index in [0.717, 1.165) is 18.5 Å². The molecular weight excluding hydrogens is 262 g/mol. The van der Waals surface area contributed by atoms with Crippen molar-refractivity contribution in [2.75, 3.05) is 18.5 Å². The highest BCUT2D eigenvalue weighted by atomic mass is 16.2. The van der Waals surface area contributed by atoms with E-state index in [9.17, 15) is 4.79 Å². The van der Waals surface area contributed by atoms with Gasteiger partial charge in [0.1, 0.15) is 0 Å². The summed E-state index contributed by atoms with van der Waals surface area (Å²) in [6, 6.07) is 9.13. The number of rotatable bonds is 7. The lowest BCUT2D eigenvalue weighted by Crippen LogP contribution is -2.27. The SMILES string of the molecule is CC(C)C(CCN)CCC(=O)N(C)c1ccc(C#N)cc1. The lowest BCUT2D eigenvalue weighted by atomic mass is 9.88. The predicted molar refractivity (Wildman–Crippen MR) is 85.8 cm³/mol. The molecule has 1 amide bonds. The average molecular weight is 287 g/mol. The number of nitriles is 1. The van der Waals surface area contributed by atoms with E-state index < -0.39 is 0 Å². The summed E-state index contributed by atoms with van der Waals surface area (Å²) >= 11 is 0. The molecule has 0 radical (unpaired) electrons. The number of benzene rings is 1. The van der Waals surface area contributed by atoms with Crippen LogP contribution < -0.4 is 10.6 Å². The lowest BCUT2D eigenvalue weighted by Gasteiger charge is -2.22. The highest BCUT2D eigenvalue weighted by Crippen LogP contribution is 2.22. The smallest absolute Gasteiger partial charge is 0.226 e. The molecule has 0 fully saturated rings. The van der Waals surface area contributed by atoms with Crippen molar-refractivity contribution in [3.63, 3.8) is 0 Å². The van der Waals surface area contributed by atoms with Crippen LogP contribution in [0.25, 0.3) is 0 Å². The summed E-state index contributed by atoms with van der Waals surface area (Å²) in [5.41, 5.74) is 7.05. The molecular formula is C17H25N3O. The maximum absolute atomic E-state index is 12.3. The van der Waals surface area contributed by atoms with Gasteiger partial charge in [0.05, 0.1) is 11.6 Å². The Hall–Kier alpha value is -1.86. The van der Waals surface area contributed by atoms with Gasteiger partial charge in [-0.1, -0.05) is 13.8 Å². The van der Waals surface area contributed by atoms with Gasteiger partial charge < -0.3 is 10.6 Å². The summed E-state index contributed by atoms with van der Waals surface area (Å²) in [7, 11) is 1.77. The maximum atomic E-state index is 12.3. The van der Waals surface area contributed by atoms with E-state index in [1.165, 1.54) is 0 Å². The molecule has 0 aromatic heterocycles. The first-order valence-electron chi connectivity index (χ1n) is 7.46. The van der Waals surface area contributed by atoms with E-state index in [2.05, 4.69) is 19.9 Å². The average Bonchev–Trinajstić information content (AvgIpc) is 2.50. The normalized spacial score (nSPS) is 12.0. The van der Waals surface area contributed by atoms with Crippen molar-refractivity contribution in [2.45, 2.75) is 33.1 Å². The zero-order valence-electron chi connectivity index (χ0n) is 13.2. The monoisotopic (exact) mass is 287 g/mol. The molecule has 2 N–H and O–H groups in total. The van der Waals surface area contributed by atoms with Gasteiger partial charge in [0, 0.05) is 19.2 Å². The molecule has 1 atom stereocenters. The number of nitrogens with two attached hydrogens (primary N) is 1. The fourth-order valence-electron chi connectivity index (χ4n) is 2.41. The predicted octanol–water partition coefficient (Wildman–Crippen LogP) is 2.92. The van der Waals surface area contributed by atoms with Crippen LogP contribution in [0.1, 0.15) is 38.7 Å². The molecule has 4 heteroatoms. The van der Waals surface area contributed by atoms with Gasteiger partial charge in [0.25, 0.3) is 0 Å². The van der Waals surface area contributed by atoms with Crippen LogP contribution in [0.15, 0.2) is 24.3 Å². The largest absolute Gasteiger partial charge is 0.330 e. The van der Waals surface area contributed by atoms with Crippen molar-refractivity contribution in [1.29, 1.82) is 5.26 Å². The summed E-state index contributed by atoms with van der Waals surface area (Å²) in [6.07, 6.45) is 2.36. The molecule has 21 heavy (non-hydrogen) atoms. The molecule has 0 aliphatic carbocycles. The first-order chi connectivity index (χ1) is 9.99. The Bertz CT molecular complexity index is 488. The summed E-state index contributed by atoms with van der Waals surface area (Å²) in [5, 5.41) is 8.78. The Morgan fingerprint density at radius 1 is 1.29 bits per heavy atom. The van der Waals surface area contributed by atoms with E-state index in [4.69, 9.17) is 11.0 Å². The van der Waals surface area contributed by atoms with Gasteiger partial charge in [0.2, 0.25) is 5.91 Å². The molecule has 0 spiro atoms. The molecule has 0 aliphatic rings. The third-order valence-corrected chi connectivity index (χ3v) is 3.97. The molecule has 0 aliphatic heterocycles. The van der Waals surface area contributed by atoms with Crippen molar-refractivity contribution in [2.24, 2.45) is 17.6 Å². The van der Waals surface area contributed by atoms with Crippen molar-refractivity contribution >= 4 is 11.6 Å². The lowest BCUT2D eigenvalue weighted by molar-refractivity contribution is -0.118. The van der Waals surface area contributed by atoms with Gasteiger partial charge in [-0.05, 0) is 55.5 Å². The minimum atomic E-state index is 0.0994. The van der Waals surface area contributed by atoms with Crippen LogP contribution in [0, 0.1) is 23.2 Å². The number of carbonyl (C=O) groups is 1. The second kappa shape index (κ2) is 8.43. The molecule has 1 unspecified atom stereocenters. The summed E-state index contributed by atoms with van der Waals surface area (Å²) in [6.45, 7) is 5.02. The van der Waals surface area contributed by atoms with E-state index in [1.54, 1.807) is 36.2 Å². The Kier molecular flexibility index (Phi) is 6.90. The minimum Gasteiger partial charge on any atom is -0.330 e. The first kappa shape index (κ1) is 17.2. The topological polar surface area (TPSA) is 70.1 Å². The summed E-state index contributed by atoms with van der Waals surface area (Å²) in [5.74, 6) is 1.14. The third-order valence-electron chi connectivity index (χ3n) is 3.97.